The van der Waals surface area contributed by atoms with E-state index in [2.05, 4.69) is 34.9 Å². The minimum atomic E-state index is -4.74. The zero-order valence-electron chi connectivity index (χ0n) is 22.6. The van der Waals surface area contributed by atoms with E-state index in [1.165, 1.54) is 0 Å². The number of alkyl halides is 3. The predicted octanol–water partition coefficient (Wildman–Crippen LogP) is 6.69. The fourth-order valence-corrected chi connectivity index (χ4v) is 5.25. The smallest absolute Gasteiger partial charge is 0.449 e. The molecular weight excluding hydrogens is 525 g/mol. The molecule has 0 saturated heterocycles. The Bertz CT molecular complexity index is 1140. The molecule has 1 fully saturated rings. The minimum absolute atomic E-state index is 0.221. The standard InChI is InChI=1S/C28H37F3N4O3Si/c1-39(2,3)15-14-38-18-34-27(28(29,30)31)35-26(32)22-10-8-20(9-11-22)23-12-13-24(33-17-23)21-6-4-19(5-7-21)16-25(36)37/h8-13,17,19,21H,4-7,14-16,18H2,1-3H3,(H,36,37)(H2,32,34,35). The van der Waals surface area contributed by atoms with Crippen molar-refractivity contribution in [2.75, 3.05) is 13.3 Å². The molecule has 0 spiro atoms. The molecule has 1 heterocycles. The Labute approximate surface area is 228 Å². The Balaban J connectivity index is 1.59. The Hall–Kier alpha value is -3.05. The number of amidine groups is 2. The molecule has 3 rings (SSSR count). The zero-order valence-corrected chi connectivity index (χ0v) is 23.6. The summed E-state index contributed by atoms with van der Waals surface area (Å²) >= 11 is 0. The van der Waals surface area contributed by atoms with Crippen molar-refractivity contribution in [3.8, 4) is 11.1 Å². The van der Waals surface area contributed by atoms with E-state index in [4.69, 9.17) is 15.3 Å². The molecule has 1 aromatic carbocycles. The van der Waals surface area contributed by atoms with Crippen molar-refractivity contribution in [3.05, 3.63) is 53.9 Å². The van der Waals surface area contributed by atoms with E-state index in [-0.39, 0.29) is 24.6 Å². The molecule has 11 heteroatoms. The fraction of sp³-hybridized carbons (Fsp3) is 0.500. The van der Waals surface area contributed by atoms with Crippen molar-refractivity contribution >= 4 is 25.7 Å². The van der Waals surface area contributed by atoms with Gasteiger partial charge in [0.2, 0.25) is 5.84 Å². The lowest BCUT2D eigenvalue weighted by Crippen LogP contribution is -2.39. The second-order valence-electron chi connectivity index (χ2n) is 11.2. The first-order chi connectivity index (χ1) is 18.3. The summed E-state index contributed by atoms with van der Waals surface area (Å²) in [6, 6.07) is 11.4. The number of nitrogens with one attached hydrogen (secondary N) is 2. The molecule has 212 valence electrons. The van der Waals surface area contributed by atoms with E-state index in [1.54, 1.807) is 30.5 Å². The van der Waals surface area contributed by atoms with Gasteiger partial charge >= 0.3 is 12.1 Å². The third-order valence-corrected chi connectivity index (χ3v) is 8.54. The number of carbonyl (C=O) groups is 1. The van der Waals surface area contributed by atoms with Crippen LogP contribution < -0.4 is 5.32 Å². The summed E-state index contributed by atoms with van der Waals surface area (Å²) < 4.78 is 45.6. The van der Waals surface area contributed by atoms with Gasteiger partial charge in [-0.05, 0) is 49.3 Å². The van der Waals surface area contributed by atoms with Crippen molar-refractivity contribution in [2.45, 2.75) is 69.9 Å². The number of rotatable bonds is 10. The van der Waals surface area contributed by atoms with Crippen LogP contribution in [0.5, 0.6) is 0 Å². The van der Waals surface area contributed by atoms with Gasteiger partial charge in [-0.1, -0.05) is 50.0 Å². The number of aliphatic carboxylic acids is 1. The number of ether oxygens (including phenoxy) is 1. The Morgan fingerprint density at radius 2 is 1.74 bits per heavy atom. The Morgan fingerprint density at radius 3 is 2.28 bits per heavy atom. The summed E-state index contributed by atoms with van der Waals surface area (Å²) in [5.74, 6) is -1.97. The van der Waals surface area contributed by atoms with Gasteiger partial charge in [0.15, 0.2) is 5.84 Å². The molecular formula is C28H37F3N4O3Si. The first-order valence-electron chi connectivity index (χ1n) is 13.2. The van der Waals surface area contributed by atoms with Crippen LogP contribution in [0.4, 0.5) is 13.2 Å². The van der Waals surface area contributed by atoms with Crippen LogP contribution >= 0.6 is 0 Å². The second-order valence-corrected chi connectivity index (χ2v) is 16.8. The predicted molar refractivity (Wildman–Crippen MR) is 149 cm³/mol. The molecule has 0 amide bonds. The van der Waals surface area contributed by atoms with E-state index in [1.807, 2.05) is 12.1 Å². The molecule has 0 radical (unpaired) electrons. The summed E-state index contributed by atoms with van der Waals surface area (Å²) in [4.78, 5) is 19.1. The van der Waals surface area contributed by atoms with Gasteiger partial charge < -0.3 is 15.2 Å². The number of benzene rings is 1. The minimum Gasteiger partial charge on any atom is -0.481 e. The van der Waals surface area contributed by atoms with Gasteiger partial charge in [0, 0.05) is 50.0 Å². The Kier molecular flexibility index (Phi) is 10.4. The van der Waals surface area contributed by atoms with Gasteiger partial charge in [-0.2, -0.15) is 13.2 Å². The highest BCUT2D eigenvalue weighted by Gasteiger charge is 2.36. The van der Waals surface area contributed by atoms with Crippen LogP contribution in [0, 0.1) is 11.3 Å². The van der Waals surface area contributed by atoms with Gasteiger partial charge in [-0.25, -0.2) is 4.99 Å². The van der Waals surface area contributed by atoms with Crippen LogP contribution in [0.2, 0.25) is 25.7 Å². The summed E-state index contributed by atoms with van der Waals surface area (Å²) in [6.45, 7) is 6.51. The number of aromatic nitrogens is 1. The first-order valence-corrected chi connectivity index (χ1v) is 16.9. The number of hydrogen-bond acceptors (Lipinski definition) is 4. The van der Waals surface area contributed by atoms with Gasteiger partial charge in [0.1, 0.15) is 6.73 Å². The molecule has 0 aliphatic heterocycles. The highest BCUT2D eigenvalue weighted by Crippen LogP contribution is 2.36. The molecule has 1 aliphatic rings. The van der Waals surface area contributed by atoms with Crippen molar-refractivity contribution < 1.29 is 27.8 Å². The maximum atomic E-state index is 13.4. The van der Waals surface area contributed by atoms with Gasteiger partial charge in [0.05, 0.1) is 0 Å². The Morgan fingerprint density at radius 1 is 1.10 bits per heavy atom. The topological polar surface area (TPSA) is 108 Å². The fourth-order valence-electron chi connectivity index (χ4n) is 4.50. The summed E-state index contributed by atoms with van der Waals surface area (Å²) in [5.41, 5.74) is 2.92. The van der Waals surface area contributed by atoms with E-state index >= 15 is 0 Å². The van der Waals surface area contributed by atoms with E-state index in [9.17, 15) is 18.0 Å². The lowest BCUT2D eigenvalue weighted by molar-refractivity contribution is -0.138. The summed E-state index contributed by atoms with van der Waals surface area (Å²) in [7, 11) is -1.35. The monoisotopic (exact) mass is 562 g/mol. The lowest BCUT2D eigenvalue weighted by Gasteiger charge is -2.27. The molecule has 0 atom stereocenters. The average molecular weight is 563 g/mol. The molecule has 2 aromatic rings. The maximum absolute atomic E-state index is 13.4. The van der Waals surface area contributed by atoms with Crippen molar-refractivity contribution in [1.82, 2.24) is 10.3 Å². The van der Waals surface area contributed by atoms with Crippen molar-refractivity contribution in [1.29, 1.82) is 5.41 Å². The van der Waals surface area contributed by atoms with E-state index in [0.717, 1.165) is 48.5 Å². The van der Waals surface area contributed by atoms with Crippen LogP contribution in [0.25, 0.3) is 11.1 Å². The maximum Gasteiger partial charge on any atom is 0.449 e. The van der Waals surface area contributed by atoms with Gasteiger partial charge in [-0.15, -0.1) is 0 Å². The number of hydrogen-bond donors (Lipinski definition) is 3. The SMILES string of the molecule is C[Si](C)(C)CCOCN/C(=N\C(=N)c1ccc(-c2ccc(C3CCC(CC(=O)O)CC3)nc2)cc1)C(F)(F)F. The van der Waals surface area contributed by atoms with Crippen LogP contribution in [0.15, 0.2) is 47.6 Å². The molecule has 1 aliphatic carbocycles. The number of carboxylic acids is 1. The lowest BCUT2D eigenvalue weighted by atomic mass is 9.79. The number of pyridine rings is 1. The molecule has 1 saturated carbocycles. The van der Waals surface area contributed by atoms with Crippen LogP contribution in [-0.2, 0) is 9.53 Å². The van der Waals surface area contributed by atoms with Crippen LogP contribution in [0.3, 0.4) is 0 Å². The van der Waals surface area contributed by atoms with E-state index < -0.39 is 31.9 Å². The molecule has 0 unspecified atom stereocenters. The molecule has 0 bridgehead atoms. The highest BCUT2D eigenvalue weighted by molar-refractivity contribution is 6.76. The zero-order chi connectivity index (χ0) is 28.6. The normalized spacial score (nSPS) is 18.6. The highest BCUT2D eigenvalue weighted by atomic mass is 28.3. The van der Waals surface area contributed by atoms with Crippen molar-refractivity contribution in [3.63, 3.8) is 0 Å². The molecule has 3 N–H and O–H groups in total. The van der Waals surface area contributed by atoms with Crippen LogP contribution in [-0.4, -0.2) is 55.3 Å². The number of nitrogens with zero attached hydrogens (tertiary/aromatic N) is 2. The molecule has 39 heavy (non-hydrogen) atoms. The summed E-state index contributed by atoms with van der Waals surface area (Å²) in [6.07, 6.45) is 0.852. The molecule has 1 aromatic heterocycles. The third-order valence-electron chi connectivity index (χ3n) is 6.84. The van der Waals surface area contributed by atoms with Gasteiger partial charge in [-0.3, -0.25) is 15.2 Å². The number of carboxylic acid groups (broad SMARTS) is 1. The molecule has 7 nitrogen and oxygen atoms in total. The third kappa shape index (κ3) is 9.89. The number of aliphatic imine (C=N–C) groups is 1. The average Bonchev–Trinajstić information content (AvgIpc) is 2.87. The second kappa shape index (κ2) is 13.3. The number of halogens is 3. The quantitative estimate of drug-likeness (QED) is 0.0984. The van der Waals surface area contributed by atoms with Crippen LogP contribution in [0.1, 0.15) is 49.3 Å². The largest absolute Gasteiger partial charge is 0.481 e. The van der Waals surface area contributed by atoms with E-state index in [0.29, 0.717) is 12.5 Å². The summed E-state index contributed by atoms with van der Waals surface area (Å²) in [5, 5.41) is 19.3. The first kappa shape index (κ1) is 30.5. The van der Waals surface area contributed by atoms with Gasteiger partial charge in [0.25, 0.3) is 0 Å². The van der Waals surface area contributed by atoms with Crippen molar-refractivity contribution in [2.24, 2.45) is 10.9 Å².